The second kappa shape index (κ2) is 8.83. The van der Waals surface area contributed by atoms with Crippen LogP contribution in [0.4, 0.5) is 9.18 Å². The van der Waals surface area contributed by atoms with Gasteiger partial charge < -0.3 is 15.2 Å². The Morgan fingerprint density at radius 1 is 1.06 bits per heavy atom. The van der Waals surface area contributed by atoms with E-state index in [0.717, 1.165) is 28.3 Å². The molecular weight excluding hydrogens is 397 g/mol. The quantitative estimate of drug-likeness (QED) is 0.560. The zero-order valence-corrected chi connectivity index (χ0v) is 16.5. The van der Waals surface area contributed by atoms with E-state index in [1.54, 1.807) is 12.2 Å². The van der Waals surface area contributed by atoms with E-state index >= 15 is 0 Å². The number of amides is 1. The van der Waals surface area contributed by atoms with Gasteiger partial charge in [0.05, 0.1) is 5.56 Å². The lowest BCUT2D eigenvalue weighted by molar-refractivity contribution is 0.112. The Balaban J connectivity index is 1.34. The van der Waals surface area contributed by atoms with Crippen LogP contribution in [0.25, 0.3) is 17.2 Å². The van der Waals surface area contributed by atoms with E-state index < -0.39 is 17.7 Å². The predicted molar refractivity (Wildman–Crippen MR) is 116 cm³/mol. The monoisotopic (exact) mass is 417 g/mol. The Kier molecular flexibility index (Phi) is 5.80. The van der Waals surface area contributed by atoms with Crippen LogP contribution in [0.15, 0.2) is 66.7 Å². The standard InChI is InChI=1S/C25H20FNO4/c26-23-13-16(12-17(14-28)24(23)29)6-5-11-27-25(30)31-15-22-20-9-3-1-7-18(20)19-8-2-4-10-21(19)22/h1-10,12-14,22,29H,11,15H2,(H,27,30). The molecule has 3 aromatic carbocycles. The summed E-state index contributed by atoms with van der Waals surface area (Å²) >= 11 is 0. The number of rotatable bonds is 6. The summed E-state index contributed by atoms with van der Waals surface area (Å²) in [7, 11) is 0. The third kappa shape index (κ3) is 4.19. The average Bonchev–Trinajstić information content (AvgIpc) is 3.11. The summed E-state index contributed by atoms with van der Waals surface area (Å²) in [5.41, 5.74) is 4.85. The Labute approximate surface area is 178 Å². The molecular formula is C25H20FNO4. The van der Waals surface area contributed by atoms with Crippen molar-refractivity contribution in [3.05, 3.63) is 94.8 Å². The van der Waals surface area contributed by atoms with Crippen molar-refractivity contribution in [3.8, 4) is 16.9 Å². The Bertz CT molecular complexity index is 1130. The van der Waals surface area contributed by atoms with Gasteiger partial charge in [0, 0.05) is 12.5 Å². The summed E-state index contributed by atoms with van der Waals surface area (Å²) < 4.78 is 19.0. The molecule has 5 nitrogen and oxygen atoms in total. The molecule has 0 saturated carbocycles. The van der Waals surface area contributed by atoms with Crippen molar-refractivity contribution < 1.29 is 23.8 Å². The van der Waals surface area contributed by atoms with Crippen molar-refractivity contribution in [3.63, 3.8) is 0 Å². The molecule has 0 heterocycles. The molecule has 0 fully saturated rings. The number of halogens is 1. The van der Waals surface area contributed by atoms with Gasteiger partial charge in [0.15, 0.2) is 17.9 Å². The molecule has 1 amide bonds. The lowest BCUT2D eigenvalue weighted by Gasteiger charge is -2.14. The van der Waals surface area contributed by atoms with Crippen LogP contribution >= 0.6 is 0 Å². The van der Waals surface area contributed by atoms with Gasteiger partial charge in [-0.25, -0.2) is 9.18 Å². The summed E-state index contributed by atoms with van der Waals surface area (Å²) in [5.74, 6) is -1.58. The van der Waals surface area contributed by atoms with Gasteiger partial charge in [0.1, 0.15) is 6.61 Å². The first kappa shape index (κ1) is 20.3. The fraction of sp³-hybridized carbons (Fsp3) is 0.120. The number of carbonyl (C=O) groups is 2. The third-order valence-electron chi connectivity index (χ3n) is 5.26. The number of aromatic hydroxyl groups is 1. The number of phenolic OH excluding ortho intramolecular Hbond substituents is 1. The topological polar surface area (TPSA) is 75.6 Å². The molecule has 0 aromatic heterocycles. The first-order valence-electron chi connectivity index (χ1n) is 9.81. The van der Waals surface area contributed by atoms with E-state index in [4.69, 9.17) is 4.74 Å². The maximum atomic E-state index is 13.6. The van der Waals surface area contributed by atoms with Crippen molar-refractivity contribution in [2.24, 2.45) is 0 Å². The first-order chi connectivity index (χ1) is 15.1. The summed E-state index contributed by atoms with van der Waals surface area (Å²) in [6.07, 6.45) is 2.96. The normalized spacial score (nSPS) is 12.4. The molecule has 1 aliphatic rings. The molecule has 156 valence electrons. The number of hydrogen-bond donors (Lipinski definition) is 2. The summed E-state index contributed by atoms with van der Waals surface area (Å²) in [4.78, 5) is 23.0. The second-order valence-electron chi connectivity index (χ2n) is 7.17. The highest BCUT2D eigenvalue weighted by molar-refractivity contribution is 5.81. The molecule has 0 unspecified atom stereocenters. The van der Waals surface area contributed by atoms with Crippen LogP contribution in [0.5, 0.6) is 5.75 Å². The maximum absolute atomic E-state index is 13.6. The number of alkyl carbamates (subject to hydrolysis) is 1. The number of carbonyl (C=O) groups excluding carboxylic acids is 2. The van der Waals surface area contributed by atoms with E-state index in [1.807, 2.05) is 36.4 Å². The lowest BCUT2D eigenvalue weighted by Crippen LogP contribution is -2.26. The zero-order chi connectivity index (χ0) is 21.8. The largest absolute Gasteiger partial charge is 0.504 e. The average molecular weight is 417 g/mol. The number of ether oxygens (including phenoxy) is 1. The van der Waals surface area contributed by atoms with E-state index in [2.05, 4.69) is 17.4 Å². The van der Waals surface area contributed by atoms with Gasteiger partial charge in [0.2, 0.25) is 0 Å². The Morgan fingerprint density at radius 3 is 2.35 bits per heavy atom. The summed E-state index contributed by atoms with van der Waals surface area (Å²) in [6.45, 7) is 0.380. The first-order valence-corrected chi connectivity index (χ1v) is 9.81. The van der Waals surface area contributed by atoms with E-state index in [0.29, 0.717) is 11.8 Å². The fourth-order valence-electron chi connectivity index (χ4n) is 3.81. The number of hydrogen-bond acceptors (Lipinski definition) is 4. The van der Waals surface area contributed by atoms with Crippen molar-refractivity contribution in [2.75, 3.05) is 13.2 Å². The SMILES string of the molecule is O=Cc1cc(C=CCNC(=O)OCC2c3ccccc3-c3ccccc32)cc(F)c1O. The highest BCUT2D eigenvalue weighted by Crippen LogP contribution is 2.44. The van der Waals surface area contributed by atoms with Gasteiger partial charge in [-0.15, -0.1) is 0 Å². The molecule has 0 bridgehead atoms. The van der Waals surface area contributed by atoms with Crippen LogP contribution in [-0.4, -0.2) is 30.6 Å². The Hall–Kier alpha value is -3.93. The third-order valence-corrected chi connectivity index (χ3v) is 5.26. The zero-order valence-electron chi connectivity index (χ0n) is 16.5. The van der Waals surface area contributed by atoms with Gasteiger partial charge in [-0.05, 0) is 39.9 Å². The maximum Gasteiger partial charge on any atom is 0.407 e. The van der Waals surface area contributed by atoms with Gasteiger partial charge in [0.25, 0.3) is 0 Å². The van der Waals surface area contributed by atoms with E-state index in [9.17, 15) is 19.1 Å². The van der Waals surface area contributed by atoms with Crippen molar-refractivity contribution in [1.29, 1.82) is 0 Å². The van der Waals surface area contributed by atoms with Crippen LogP contribution in [0.2, 0.25) is 0 Å². The Morgan fingerprint density at radius 2 is 1.71 bits per heavy atom. The molecule has 0 saturated heterocycles. The molecule has 31 heavy (non-hydrogen) atoms. The molecule has 2 N–H and O–H groups in total. The molecule has 0 aliphatic heterocycles. The molecule has 0 radical (unpaired) electrons. The molecule has 0 atom stereocenters. The minimum atomic E-state index is -0.881. The molecule has 6 heteroatoms. The van der Waals surface area contributed by atoms with Crippen molar-refractivity contribution in [1.82, 2.24) is 5.32 Å². The van der Waals surface area contributed by atoms with Crippen LogP contribution in [0.1, 0.15) is 33.0 Å². The summed E-state index contributed by atoms with van der Waals surface area (Å²) in [5, 5.41) is 12.1. The lowest BCUT2D eigenvalue weighted by atomic mass is 9.98. The van der Waals surface area contributed by atoms with E-state index in [1.165, 1.54) is 6.07 Å². The van der Waals surface area contributed by atoms with E-state index in [-0.39, 0.29) is 24.6 Å². The highest BCUT2D eigenvalue weighted by Gasteiger charge is 2.28. The molecule has 4 rings (SSSR count). The smallest absolute Gasteiger partial charge is 0.407 e. The number of fused-ring (bicyclic) bond motifs is 3. The minimum absolute atomic E-state index is 0.0181. The minimum Gasteiger partial charge on any atom is -0.504 e. The molecule has 1 aliphatic carbocycles. The number of nitrogens with one attached hydrogen (secondary N) is 1. The number of aldehydes is 1. The second-order valence-corrected chi connectivity index (χ2v) is 7.17. The van der Waals surface area contributed by atoms with Gasteiger partial charge in [-0.1, -0.05) is 60.7 Å². The fourth-order valence-corrected chi connectivity index (χ4v) is 3.81. The summed E-state index contributed by atoms with van der Waals surface area (Å²) in [6, 6.07) is 18.6. The van der Waals surface area contributed by atoms with Crippen molar-refractivity contribution in [2.45, 2.75) is 5.92 Å². The predicted octanol–water partition coefficient (Wildman–Crippen LogP) is 4.90. The van der Waals surface area contributed by atoms with Crippen LogP contribution in [-0.2, 0) is 4.74 Å². The van der Waals surface area contributed by atoms with Crippen LogP contribution < -0.4 is 5.32 Å². The van der Waals surface area contributed by atoms with Crippen LogP contribution in [0.3, 0.4) is 0 Å². The number of phenols is 1. The van der Waals surface area contributed by atoms with Gasteiger partial charge in [-0.3, -0.25) is 4.79 Å². The van der Waals surface area contributed by atoms with Gasteiger partial charge >= 0.3 is 6.09 Å². The van der Waals surface area contributed by atoms with Crippen LogP contribution in [0, 0.1) is 5.82 Å². The van der Waals surface area contributed by atoms with Gasteiger partial charge in [-0.2, -0.15) is 0 Å². The molecule has 3 aromatic rings. The highest BCUT2D eigenvalue weighted by atomic mass is 19.1. The van der Waals surface area contributed by atoms with Crippen molar-refractivity contribution >= 4 is 18.5 Å². The number of benzene rings is 3. The molecule has 0 spiro atoms.